The molecule has 0 saturated heterocycles. The first-order valence-corrected chi connectivity index (χ1v) is 3.82. The molecule has 1 heterocycles. The molecule has 0 aliphatic carbocycles. The number of nitrogens with zero attached hydrogens (tertiary/aromatic N) is 1. The highest BCUT2D eigenvalue weighted by molar-refractivity contribution is 9.10. The van der Waals surface area contributed by atoms with Gasteiger partial charge in [-0.3, -0.25) is 9.78 Å². The fourth-order valence-electron chi connectivity index (χ4n) is 0.821. The average molecular weight is 215 g/mol. The minimum atomic E-state index is -0.0585. The third-order valence-electron chi connectivity index (χ3n) is 1.28. The largest absolute Gasteiger partial charge is 0.397 e. The van der Waals surface area contributed by atoms with Crippen LogP contribution >= 0.6 is 15.9 Å². The van der Waals surface area contributed by atoms with Gasteiger partial charge in [0, 0.05) is 10.7 Å². The van der Waals surface area contributed by atoms with E-state index in [9.17, 15) is 4.79 Å². The highest BCUT2D eigenvalue weighted by atomic mass is 79.9. The number of halogens is 1. The number of carbonyl (C=O) groups excluding carboxylic acids is 1. The first kappa shape index (κ1) is 8.20. The van der Waals surface area contributed by atoms with Gasteiger partial charge in [-0.2, -0.15) is 0 Å². The van der Waals surface area contributed by atoms with Gasteiger partial charge in [-0.1, -0.05) is 0 Å². The summed E-state index contributed by atoms with van der Waals surface area (Å²) in [5.74, 6) is -0.0585. The number of pyridine rings is 1. The fourth-order valence-corrected chi connectivity index (χ4v) is 1.45. The van der Waals surface area contributed by atoms with Gasteiger partial charge < -0.3 is 5.73 Å². The predicted molar refractivity (Wildman–Crippen MR) is 46.4 cm³/mol. The van der Waals surface area contributed by atoms with Crippen LogP contribution in [0.5, 0.6) is 0 Å². The summed E-state index contributed by atoms with van der Waals surface area (Å²) >= 11 is 3.18. The third-order valence-corrected chi connectivity index (χ3v) is 1.88. The van der Waals surface area contributed by atoms with Crippen LogP contribution in [0, 0.1) is 0 Å². The molecule has 2 N–H and O–H groups in total. The Balaban J connectivity index is 3.32. The van der Waals surface area contributed by atoms with Crippen molar-refractivity contribution in [3.05, 3.63) is 22.4 Å². The van der Waals surface area contributed by atoms with Crippen LogP contribution in [0.4, 0.5) is 5.69 Å². The second kappa shape index (κ2) is 3.00. The zero-order valence-corrected chi connectivity index (χ0v) is 7.55. The molecular formula is C7H7BrN2O. The summed E-state index contributed by atoms with van der Waals surface area (Å²) in [5, 5.41) is 0. The minimum absolute atomic E-state index is 0.0585. The molecule has 3 nitrogen and oxygen atoms in total. The number of hydrogen-bond donors (Lipinski definition) is 1. The van der Waals surface area contributed by atoms with Crippen LogP contribution < -0.4 is 5.73 Å². The number of aromatic nitrogens is 1. The molecule has 4 heteroatoms. The summed E-state index contributed by atoms with van der Waals surface area (Å²) in [6.45, 7) is 1.47. The molecule has 58 valence electrons. The van der Waals surface area contributed by atoms with Crippen LogP contribution in [0.3, 0.4) is 0 Å². The monoisotopic (exact) mass is 214 g/mol. The zero-order valence-electron chi connectivity index (χ0n) is 5.97. The lowest BCUT2D eigenvalue weighted by atomic mass is 10.2. The van der Waals surface area contributed by atoms with Crippen molar-refractivity contribution in [2.45, 2.75) is 6.92 Å². The van der Waals surface area contributed by atoms with Crippen LogP contribution in [0.25, 0.3) is 0 Å². The van der Waals surface area contributed by atoms with Crippen LogP contribution in [0.15, 0.2) is 16.9 Å². The molecule has 0 aromatic carbocycles. The van der Waals surface area contributed by atoms with Crippen molar-refractivity contribution >= 4 is 27.4 Å². The van der Waals surface area contributed by atoms with E-state index in [-0.39, 0.29) is 5.78 Å². The molecule has 0 unspecified atom stereocenters. The van der Waals surface area contributed by atoms with Crippen LogP contribution in [-0.4, -0.2) is 10.8 Å². The Morgan fingerprint density at radius 2 is 2.27 bits per heavy atom. The Kier molecular flexibility index (Phi) is 2.24. The quantitative estimate of drug-likeness (QED) is 0.724. The first-order chi connectivity index (χ1) is 5.13. The van der Waals surface area contributed by atoms with E-state index in [4.69, 9.17) is 5.73 Å². The van der Waals surface area contributed by atoms with Crippen molar-refractivity contribution in [1.82, 2.24) is 4.98 Å². The van der Waals surface area contributed by atoms with Gasteiger partial charge in [0.15, 0.2) is 5.78 Å². The maximum atomic E-state index is 10.9. The molecular weight excluding hydrogens is 208 g/mol. The number of nitrogens with two attached hydrogens (primary N) is 1. The minimum Gasteiger partial charge on any atom is -0.397 e. The van der Waals surface area contributed by atoms with Gasteiger partial charge in [0.1, 0.15) is 0 Å². The van der Waals surface area contributed by atoms with Gasteiger partial charge in [0.25, 0.3) is 0 Å². The first-order valence-electron chi connectivity index (χ1n) is 3.03. The van der Waals surface area contributed by atoms with E-state index < -0.39 is 0 Å². The molecule has 1 aromatic heterocycles. The van der Waals surface area contributed by atoms with Gasteiger partial charge in [-0.25, -0.2) is 0 Å². The lowest BCUT2D eigenvalue weighted by molar-refractivity contribution is 0.101. The molecule has 1 aromatic rings. The predicted octanol–water partition coefficient (Wildman–Crippen LogP) is 1.63. The molecule has 0 spiro atoms. The van der Waals surface area contributed by atoms with Gasteiger partial charge in [0.05, 0.1) is 17.4 Å². The van der Waals surface area contributed by atoms with E-state index in [1.54, 1.807) is 6.20 Å². The highest BCUT2D eigenvalue weighted by Crippen LogP contribution is 2.20. The van der Waals surface area contributed by atoms with Crippen molar-refractivity contribution in [3.63, 3.8) is 0 Å². The number of carbonyl (C=O) groups is 1. The normalized spacial score (nSPS) is 9.64. The summed E-state index contributed by atoms with van der Waals surface area (Å²) in [6, 6.07) is 0. The number of ketones is 1. The van der Waals surface area contributed by atoms with E-state index in [1.807, 2.05) is 0 Å². The molecule has 0 fully saturated rings. The third kappa shape index (κ3) is 1.57. The summed E-state index contributed by atoms with van der Waals surface area (Å²) in [6.07, 6.45) is 3.01. The Morgan fingerprint density at radius 1 is 1.64 bits per heavy atom. The van der Waals surface area contributed by atoms with Gasteiger partial charge in [-0.05, 0) is 22.9 Å². The summed E-state index contributed by atoms with van der Waals surface area (Å²) in [7, 11) is 0. The van der Waals surface area contributed by atoms with Gasteiger partial charge in [0.2, 0.25) is 0 Å². The molecule has 0 bridgehead atoms. The average Bonchev–Trinajstić information content (AvgIpc) is 1.85. The molecule has 11 heavy (non-hydrogen) atoms. The smallest absolute Gasteiger partial charge is 0.163 e. The standard InChI is InChI=1S/C7H7BrN2O/c1-4(11)7-5(8)2-10-3-6(7)9/h2-3H,9H2,1H3. The summed E-state index contributed by atoms with van der Waals surface area (Å²) in [4.78, 5) is 14.8. The number of Topliss-reactive ketones (excluding diaryl/α,β-unsaturated/α-hetero) is 1. The van der Waals surface area contributed by atoms with E-state index in [1.165, 1.54) is 13.1 Å². The van der Waals surface area contributed by atoms with Crippen LogP contribution in [0.2, 0.25) is 0 Å². The molecule has 0 amide bonds. The molecule has 1 rings (SSSR count). The number of nitrogen functional groups attached to an aromatic ring is 1. The SMILES string of the molecule is CC(=O)c1c(N)cncc1Br. The number of anilines is 1. The van der Waals surface area contributed by atoms with Gasteiger partial charge >= 0.3 is 0 Å². The molecule has 0 radical (unpaired) electrons. The maximum Gasteiger partial charge on any atom is 0.163 e. The summed E-state index contributed by atoms with van der Waals surface area (Å²) < 4.78 is 0.644. The van der Waals surface area contributed by atoms with Crippen molar-refractivity contribution in [2.24, 2.45) is 0 Å². The van der Waals surface area contributed by atoms with E-state index in [0.717, 1.165) is 0 Å². The van der Waals surface area contributed by atoms with Crippen LogP contribution in [0.1, 0.15) is 17.3 Å². The van der Waals surface area contributed by atoms with E-state index in [2.05, 4.69) is 20.9 Å². The Morgan fingerprint density at radius 3 is 2.64 bits per heavy atom. The lowest BCUT2D eigenvalue weighted by Gasteiger charge is -2.01. The molecule has 0 aliphatic rings. The fraction of sp³-hybridized carbons (Fsp3) is 0.143. The van der Waals surface area contributed by atoms with Crippen molar-refractivity contribution < 1.29 is 4.79 Å². The second-order valence-corrected chi connectivity index (χ2v) is 3.00. The summed E-state index contributed by atoms with van der Waals surface area (Å²) in [5.41, 5.74) is 6.42. The number of rotatable bonds is 1. The maximum absolute atomic E-state index is 10.9. The molecule has 0 aliphatic heterocycles. The lowest BCUT2D eigenvalue weighted by Crippen LogP contribution is -2.01. The Labute approximate surface area is 72.7 Å². The van der Waals surface area contributed by atoms with Crippen LogP contribution in [-0.2, 0) is 0 Å². The number of hydrogen-bond acceptors (Lipinski definition) is 3. The van der Waals surface area contributed by atoms with Gasteiger partial charge in [-0.15, -0.1) is 0 Å². The van der Waals surface area contributed by atoms with Crippen molar-refractivity contribution in [2.75, 3.05) is 5.73 Å². The Bertz CT molecular complexity index is 278. The zero-order chi connectivity index (χ0) is 8.43. The molecule has 0 atom stereocenters. The Hall–Kier alpha value is -0.900. The second-order valence-electron chi connectivity index (χ2n) is 2.14. The van der Waals surface area contributed by atoms with E-state index >= 15 is 0 Å². The topological polar surface area (TPSA) is 56.0 Å². The highest BCUT2D eigenvalue weighted by Gasteiger charge is 2.08. The molecule has 0 saturated carbocycles. The van der Waals surface area contributed by atoms with Crippen molar-refractivity contribution in [1.29, 1.82) is 0 Å². The van der Waals surface area contributed by atoms with E-state index in [0.29, 0.717) is 15.7 Å². The van der Waals surface area contributed by atoms with Crippen molar-refractivity contribution in [3.8, 4) is 0 Å².